The van der Waals surface area contributed by atoms with Crippen LogP contribution in [0.3, 0.4) is 0 Å². The number of benzene rings is 2. The van der Waals surface area contributed by atoms with Crippen LogP contribution in [-0.2, 0) is 10.1 Å². The molecular weight excluding hydrogens is 283 g/mol. The van der Waals surface area contributed by atoms with Crippen LogP contribution in [0.2, 0.25) is 0 Å². The topological polar surface area (TPSA) is 52.6 Å². The maximum atomic E-state index is 13.0. The second-order valence-corrected chi connectivity index (χ2v) is 5.45. The summed E-state index contributed by atoms with van der Waals surface area (Å²) in [6, 6.07) is 10.8. The Hall–Kier alpha value is -2.08. The average Bonchev–Trinajstić information content (AvgIpc) is 2.39. The van der Waals surface area contributed by atoms with Crippen LogP contribution in [0.25, 0.3) is 0 Å². The summed E-state index contributed by atoms with van der Waals surface area (Å²) < 4.78 is 47.1. The highest BCUT2D eigenvalue weighted by Crippen LogP contribution is 2.21. The van der Waals surface area contributed by atoms with Gasteiger partial charge in [0.15, 0.2) is 0 Å². The zero-order valence-corrected chi connectivity index (χ0v) is 11.6. The van der Waals surface area contributed by atoms with Gasteiger partial charge < -0.3 is 8.92 Å². The van der Waals surface area contributed by atoms with Crippen LogP contribution >= 0.6 is 0 Å². The molecule has 0 aliphatic carbocycles. The van der Waals surface area contributed by atoms with Crippen molar-refractivity contribution in [3.8, 4) is 11.5 Å². The van der Waals surface area contributed by atoms with Crippen molar-refractivity contribution < 1.29 is 21.7 Å². The summed E-state index contributed by atoms with van der Waals surface area (Å²) in [5, 5.41) is 0. The lowest BCUT2D eigenvalue weighted by atomic mass is 10.3. The summed E-state index contributed by atoms with van der Waals surface area (Å²) in [4.78, 5) is -0.0229. The standard InChI is InChI=1S/C14H13FO4S/c1-2-18-12-6-8-14(9-7-12)20(16,17)19-13-5-3-4-11(15)10-13/h3-10H,2H2,1H3. The molecule has 106 valence electrons. The van der Waals surface area contributed by atoms with Gasteiger partial charge in [0.2, 0.25) is 0 Å². The zero-order chi connectivity index (χ0) is 14.6. The number of hydrogen-bond donors (Lipinski definition) is 0. The van der Waals surface area contributed by atoms with Gasteiger partial charge in [-0.05, 0) is 43.3 Å². The highest BCUT2D eigenvalue weighted by Gasteiger charge is 2.16. The van der Waals surface area contributed by atoms with Crippen molar-refractivity contribution in [3.63, 3.8) is 0 Å². The molecule has 0 aromatic heterocycles. The molecule has 0 saturated carbocycles. The first-order chi connectivity index (χ1) is 9.51. The fourth-order valence-electron chi connectivity index (χ4n) is 1.56. The second kappa shape index (κ2) is 5.92. The molecule has 0 aliphatic rings. The van der Waals surface area contributed by atoms with E-state index in [-0.39, 0.29) is 10.6 Å². The molecular formula is C14H13FO4S. The first kappa shape index (κ1) is 14.3. The molecule has 0 atom stereocenters. The monoisotopic (exact) mass is 296 g/mol. The van der Waals surface area contributed by atoms with Crippen molar-refractivity contribution in [2.24, 2.45) is 0 Å². The van der Waals surface area contributed by atoms with Crippen molar-refractivity contribution in [3.05, 3.63) is 54.3 Å². The van der Waals surface area contributed by atoms with Crippen LogP contribution < -0.4 is 8.92 Å². The lowest BCUT2D eigenvalue weighted by Crippen LogP contribution is -2.09. The van der Waals surface area contributed by atoms with Crippen molar-refractivity contribution in [1.29, 1.82) is 0 Å². The van der Waals surface area contributed by atoms with Crippen LogP contribution in [-0.4, -0.2) is 15.0 Å². The Kier molecular flexibility index (Phi) is 4.24. The fourth-order valence-corrected chi connectivity index (χ4v) is 2.49. The fraction of sp³-hybridized carbons (Fsp3) is 0.143. The smallest absolute Gasteiger partial charge is 0.339 e. The average molecular weight is 296 g/mol. The second-order valence-electron chi connectivity index (χ2n) is 3.90. The Labute approximate surface area is 116 Å². The minimum absolute atomic E-state index is 0.0229. The summed E-state index contributed by atoms with van der Waals surface area (Å²) in [5.74, 6) is -0.0690. The first-order valence-electron chi connectivity index (χ1n) is 5.94. The van der Waals surface area contributed by atoms with Gasteiger partial charge in [-0.25, -0.2) is 4.39 Å². The van der Waals surface area contributed by atoms with E-state index in [2.05, 4.69) is 0 Å². The van der Waals surface area contributed by atoms with Crippen molar-refractivity contribution >= 4 is 10.1 Å². The molecule has 6 heteroatoms. The SMILES string of the molecule is CCOc1ccc(S(=O)(=O)Oc2cccc(F)c2)cc1. The van der Waals surface area contributed by atoms with E-state index in [4.69, 9.17) is 8.92 Å². The van der Waals surface area contributed by atoms with Crippen LogP contribution in [0, 0.1) is 5.82 Å². The summed E-state index contributed by atoms with van der Waals surface area (Å²) in [6.45, 7) is 2.32. The lowest BCUT2D eigenvalue weighted by Gasteiger charge is -2.08. The maximum Gasteiger partial charge on any atom is 0.339 e. The highest BCUT2D eigenvalue weighted by atomic mass is 32.2. The highest BCUT2D eigenvalue weighted by molar-refractivity contribution is 7.87. The van der Waals surface area contributed by atoms with Crippen molar-refractivity contribution in [2.45, 2.75) is 11.8 Å². The maximum absolute atomic E-state index is 13.0. The quantitative estimate of drug-likeness (QED) is 0.796. The van der Waals surface area contributed by atoms with Crippen LogP contribution in [0.4, 0.5) is 4.39 Å². The molecule has 0 spiro atoms. The number of hydrogen-bond acceptors (Lipinski definition) is 4. The van der Waals surface area contributed by atoms with E-state index in [1.165, 1.54) is 42.5 Å². The molecule has 4 nitrogen and oxygen atoms in total. The normalized spacial score (nSPS) is 11.1. The van der Waals surface area contributed by atoms with Gasteiger partial charge in [-0.15, -0.1) is 0 Å². The molecule has 0 fully saturated rings. The predicted molar refractivity (Wildman–Crippen MR) is 71.8 cm³/mol. The van der Waals surface area contributed by atoms with Gasteiger partial charge in [0.05, 0.1) is 6.61 Å². The third kappa shape index (κ3) is 3.48. The molecule has 20 heavy (non-hydrogen) atoms. The van der Waals surface area contributed by atoms with Gasteiger partial charge in [0.25, 0.3) is 0 Å². The van der Waals surface area contributed by atoms with Gasteiger partial charge in [-0.2, -0.15) is 8.42 Å². The summed E-state index contributed by atoms with van der Waals surface area (Å²) in [7, 11) is -3.98. The molecule has 0 aliphatic heterocycles. The molecule has 0 amide bonds. The van der Waals surface area contributed by atoms with E-state index in [1.54, 1.807) is 0 Å². The van der Waals surface area contributed by atoms with E-state index in [0.29, 0.717) is 12.4 Å². The van der Waals surface area contributed by atoms with Gasteiger partial charge in [0.1, 0.15) is 22.2 Å². The third-order valence-corrected chi connectivity index (χ3v) is 3.69. The molecule has 0 unspecified atom stereocenters. The Bertz CT molecular complexity index is 681. The third-order valence-electron chi connectivity index (χ3n) is 2.43. The van der Waals surface area contributed by atoms with E-state index < -0.39 is 15.9 Å². The minimum Gasteiger partial charge on any atom is -0.494 e. The van der Waals surface area contributed by atoms with E-state index in [1.807, 2.05) is 6.92 Å². The van der Waals surface area contributed by atoms with E-state index >= 15 is 0 Å². The van der Waals surface area contributed by atoms with Gasteiger partial charge in [-0.1, -0.05) is 6.07 Å². The van der Waals surface area contributed by atoms with Crippen LogP contribution in [0.1, 0.15) is 6.92 Å². The predicted octanol–water partition coefficient (Wildman–Crippen LogP) is 2.99. The van der Waals surface area contributed by atoms with Gasteiger partial charge in [-0.3, -0.25) is 0 Å². The molecule has 0 heterocycles. The summed E-state index contributed by atoms with van der Waals surface area (Å²) >= 11 is 0. The van der Waals surface area contributed by atoms with E-state index in [0.717, 1.165) is 6.07 Å². The van der Waals surface area contributed by atoms with Gasteiger partial charge >= 0.3 is 10.1 Å². The Morgan fingerprint density at radius 1 is 1.05 bits per heavy atom. The Morgan fingerprint density at radius 2 is 1.75 bits per heavy atom. The Morgan fingerprint density at radius 3 is 2.35 bits per heavy atom. The van der Waals surface area contributed by atoms with Crippen molar-refractivity contribution in [1.82, 2.24) is 0 Å². The Balaban J connectivity index is 2.21. The van der Waals surface area contributed by atoms with Crippen LogP contribution in [0.15, 0.2) is 53.4 Å². The molecule has 0 radical (unpaired) electrons. The summed E-state index contributed by atoms with van der Waals surface area (Å²) in [5.41, 5.74) is 0. The molecule has 0 N–H and O–H groups in total. The summed E-state index contributed by atoms with van der Waals surface area (Å²) in [6.07, 6.45) is 0. The largest absolute Gasteiger partial charge is 0.494 e. The zero-order valence-electron chi connectivity index (χ0n) is 10.7. The van der Waals surface area contributed by atoms with Crippen LogP contribution in [0.5, 0.6) is 11.5 Å². The number of ether oxygens (including phenoxy) is 1. The molecule has 0 bridgehead atoms. The van der Waals surface area contributed by atoms with E-state index in [9.17, 15) is 12.8 Å². The number of rotatable bonds is 5. The molecule has 0 saturated heterocycles. The van der Waals surface area contributed by atoms with Gasteiger partial charge in [0, 0.05) is 6.07 Å². The lowest BCUT2D eigenvalue weighted by molar-refractivity contribution is 0.340. The minimum atomic E-state index is -3.98. The molecule has 2 rings (SSSR count). The molecule has 2 aromatic rings. The van der Waals surface area contributed by atoms with Crippen molar-refractivity contribution in [2.75, 3.05) is 6.61 Å². The molecule has 2 aromatic carbocycles. The number of halogens is 1. The first-order valence-corrected chi connectivity index (χ1v) is 7.35.